The Bertz CT molecular complexity index is 905. The van der Waals surface area contributed by atoms with E-state index in [1.807, 2.05) is 0 Å². The monoisotopic (exact) mass is 860 g/mol. The molecule has 0 spiro atoms. The molecule has 0 aliphatic rings. The number of amides is 1. The SMILES string of the molecule is CCCCCCCCCCCCC/C=C/CCCC(O)C(O)C(CO)NC(=O)CCCCCCCCCCCCCCCCC/C=C\CCCCCCCCCCCCCC. The van der Waals surface area contributed by atoms with Gasteiger partial charge in [0, 0.05) is 6.42 Å². The van der Waals surface area contributed by atoms with Crippen molar-refractivity contribution in [1.82, 2.24) is 5.32 Å². The van der Waals surface area contributed by atoms with Crippen molar-refractivity contribution in [3.8, 4) is 0 Å². The predicted molar refractivity (Wildman–Crippen MR) is 268 cm³/mol. The number of carbonyl (C=O) groups excluding carboxylic acids is 1. The maximum atomic E-state index is 12.5. The fourth-order valence-corrected chi connectivity index (χ4v) is 8.75. The molecule has 0 aromatic carbocycles. The Kier molecular flexibility index (Phi) is 50.5. The van der Waals surface area contributed by atoms with Crippen LogP contribution in [0.3, 0.4) is 0 Å². The Morgan fingerprint density at radius 3 is 0.951 bits per heavy atom. The van der Waals surface area contributed by atoms with E-state index in [0.717, 1.165) is 38.5 Å². The van der Waals surface area contributed by atoms with Crippen molar-refractivity contribution in [2.75, 3.05) is 6.61 Å². The molecule has 0 saturated heterocycles. The molecule has 0 aliphatic heterocycles. The predicted octanol–water partition coefficient (Wildman–Crippen LogP) is 16.9. The summed E-state index contributed by atoms with van der Waals surface area (Å²) in [5.74, 6) is -0.150. The third kappa shape index (κ3) is 46.6. The Hall–Kier alpha value is -1.17. The lowest BCUT2D eigenvalue weighted by molar-refractivity contribution is -0.124. The lowest BCUT2D eigenvalue weighted by atomic mass is 10.0. The van der Waals surface area contributed by atoms with Crippen LogP contribution in [-0.4, -0.2) is 46.1 Å². The zero-order chi connectivity index (χ0) is 44.4. The maximum absolute atomic E-state index is 12.5. The average Bonchev–Trinajstić information content (AvgIpc) is 3.26. The second-order valence-corrected chi connectivity index (χ2v) is 19.1. The molecule has 0 rings (SSSR count). The van der Waals surface area contributed by atoms with E-state index in [2.05, 4.69) is 43.5 Å². The van der Waals surface area contributed by atoms with Crippen LogP contribution >= 0.6 is 0 Å². The van der Waals surface area contributed by atoms with Crippen molar-refractivity contribution in [2.24, 2.45) is 0 Å². The third-order valence-corrected chi connectivity index (χ3v) is 13.0. The number of carbonyl (C=O) groups is 1. The standard InChI is InChI=1S/C56H109NO4/c1-3-5-7-9-11-13-15-17-19-21-22-23-24-25-26-27-28-29-30-31-32-33-34-35-37-39-41-43-45-47-49-51-55(60)57-53(52-58)56(61)54(59)50-48-46-44-42-40-38-36-20-18-16-14-12-10-8-6-4-2/h25-26,42,44,53-54,56,58-59,61H,3-24,27-41,43,45-52H2,1-2H3,(H,57,60)/b26-25-,44-42+. The summed E-state index contributed by atoms with van der Waals surface area (Å²) in [6.45, 7) is 4.19. The molecule has 0 radical (unpaired) electrons. The van der Waals surface area contributed by atoms with E-state index in [1.54, 1.807) is 0 Å². The highest BCUT2D eigenvalue weighted by Crippen LogP contribution is 2.17. The number of unbranched alkanes of at least 4 members (excludes halogenated alkanes) is 39. The number of hydrogen-bond donors (Lipinski definition) is 4. The fourth-order valence-electron chi connectivity index (χ4n) is 8.75. The lowest BCUT2D eigenvalue weighted by Crippen LogP contribution is -2.50. The van der Waals surface area contributed by atoms with Gasteiger partial charge in [0.05, 0.1) is 18.8 Å². The van der Waals surface area contributed by atoms with Crippen LogP contribution < -0.4 is 5.32 Å². The van der Waals surface area contributed by atoms with E-state index in [1.165, 1.54) is 238 Å². The molecule has 0 bridgehead atoms. The van der Waals surface area contributed by atoms with Crippen molar-refractivity contribution in [3.05, 3.63) is 24.3 Å². The van der Waals surface area contributed by atoms with Gasteiger partial charge < -0.3 is 20.6 Å². The van der Waals surface area contributed by atoms with Crippen molar-refractivity contribution in [3.63, 3.8) is 0 Å². The van der Waals surface area contributed by atoms with Crippen LogP contribution in [0.2, 0.25) is 0 Å². The molecule has 362 valence electrons. The van der Waals surface area contributed by atoms with Gasteiger partial charge in [-0.05, 0) is 64.2 Å². The van der Waals surface area contributed by atoms with Crippen LogP contribution in [0, 0.1) is 0 Å². The first-order valence-corrected chi connectivity index (χ1v) is 27.6. The van der Waals surface area contributed by atoms with Crippen molar-refractivity contribution in [1.29, 1.82) is 0 Å². The molecular weight excluding hydrogens is 751 g/mol. The van der Waals surface area contributed by atoms with E-state index < -0.39 is 18.2 Å². The molecule has 3 atom stereocenters. The van der Waals surface area contributed by atoms with Gasteiger partial charge >= 0.3 is 0 Å². The largest absolute Gasteiger partial charge is 0.394 e. The number of rotatable bonds is 51. The molecule has 3 unspecified atom stereocenters. The van der Waals surface area contributed by atoms with E-state index in [0.29, 0.717) is 12.8 Å². The maximum Gasteiger partial charge on any atom is 0.220 e. The first-order chi connectivity index (χ1) is 30.1. The highest BCUT2D eigenvalue weighted by molar-refractivity contribution is 5.76. The van der Waals surface area contributed by atoms with Gasteiger partial charge in [-0.1, -0.05) is 256 Å². The second-order valence-electron chi connectivity index (χ2n) is 19.1. The van der Waals surface area contributed by atoms with Crippen molar-refractivity contribution in [2.45, 2.75) is 321 Å². The van der Waals surface area contributed by atoms with E-state index >= 15 is 0 Å². The minimum Gasteiger partial charge on any atom is -0.394 e. The summed E-state index contributed by atoms with van der Waals surface area (Å²) in [6.07, 6.45) is 64.8. The summed E-state index contributed by atoms with van der Waals surface area (Å²) < 4.78 is 0. The molecule has 0 aromatic rings. The number of aliphatic hydroxyl groups excluding tert-OH is 3. The van der Waals surface area contributed by atoms with Crippen LogP contribution in [0.4, 0.5) is 0 Å². The summed E-state index contributed by atoms with van der Waals surface area (Å²) in [4.78, 5) is 12.5. The third-order valence-electron chi connectivity index (χ3n) is 13.0. The zero-order valence-corrected chi connectivity index (χ0v) is 41.3. The van der Waals surface area contributed by atoms with Crippen molar-refractivity contribution >= 4 is 5.91 Å². The second kappa shape index (κ2) is 51.5. The van der Waals surface area contributed by atoms with Gasteiger partial charge in [0.15, 0.2) is 0 Å². The topological polar surface area (TPSA) is 89.8 Å². The Morgan fingerprint density at radius 1 is 0.393 bits per heavy atom. The highest BCUT2D eigenvalue weighted by atomic mass is 16.3. The zero-order valence-electron chi connectivity index (χ0n) is 41.3. The molecule has 4 N–H and O–H groups in total. The summed E-state index contributed by atoms with van der Waals surface area (Å²) in [7, 11) is 0. The van der Waals surface area contributed by atoms with Crippen LogP contribution in [0.15, 0.2) is 24.3 Å². The van der Waals surface area contributed by atoms with Crippen LogP contribution in [0.25, 0.3) is 0 Å². The summed E-state index contributed by atoms with van der Waals surface area (Å²) >= 11 is 0. The normalized spacial score (nSPS) is 13.5. The van der Waals surface area contributed by atoms with Gasteiger partial charge in [0.1, 0.15) is 6.10 Å². The summed E-state index contributed by atoms with van der Waals surface area (Å²) in [5.41, 5.74) is 0. The van der Waals surface area contributed by atoms with Gasteiger partial charge in [-0.3, -0.25) is 4.79 Å². The molecule has 61 heavy (non-hydrogen) atoms. The Labute approximate surface area is 382 Å². The minimum atomic E-state index is -1.16. The summed E-state index contributed by atoms with van der Waals surface area (Å²) in [6, 6.07) is -0.824. The lowest BCUT2D eigenvalue weighted by Gasteiger charge is -2.26. The van der Waals surface area contributed by atoms with Crippen LogP contribution in [0.5, 0.6) is 0 Å². The van der Waals surface area contributed by atoms with Gasteiger partial charge in [-0.25, -0.2) is 0 Å². The molecule has 0 aliphatic carbocycles. The minimum absolute atomic E-state index is 0.150. The van der Waals surface area contributed by atoms with Gasteiger partial charge in [-0.15, -0.1) is 0 Å². The fraction of sp³-hybridized carbons (Fsp3) is 0.911. The average molecular weight is 860 g/mol. The van der Waals surface area contributed by atoms with Crippen molar-refractivity contribution < 1.29 is 20.1 Å². The molecule has 5 heteroatoms. The smallest absolute Gasteiger partial charge is 0.220 e. The quantitative estimate of drug-likeness (QED) is 0.0362. The molecule has 0 heterocycles. The number of nitrogens with one attached hydrogen (secondary N) is 1. The van der Waals surface area contributed by atoms with Gasteiger partial charge in [-0.2, -0.15) is 0 Å². The molecule has 5 nitrogen and oxygen atoms in total. The number of aliphatic hydroxyl groups is 3. The van der Waals surface area contributed by atoms with Gasteiger partial charge in [0.25, 0.3) is 0 Å². The Morgan fingerprint density at radius 2 is 0.656 bits per heavy atom. The molecule has 0 fully saturated rings. The van der Waals surface area contributed by atoms with E-state index in [-0.39, 0.29) is 12.5 Å². The molecule has 0 aromatic heterocycles. The molecule has 1 amide bonds. The van der Waals surface area contributed by atoms with E-state index in [4.69, 9.17) is 0 Å². The highest BCUT2D eigenvalue weighted by Gasteiger charge is 2.26. The number of allylic oxidation sites excluding steroid dienone is 4. The van der Waals surface area contributed by atoms with Gasteiger partial charge in [0.2, 0.25) is 5.91 Å². The van der Waals surface area contributed by atoms with Crippen LogP contribution in [-0.2, 0) is 4.79 Å². The first-order valence-electron chi connectivity index (χ1n) is 27.6. The number of hydrogen-bond acceptors (Lipinski definition) is 4. The first kappa shape index (κ1) is 59.8. The van der Waals surface area contributed by atoms with E-state index in [9.17, 15) is 20.1 Å². The van der Waals surface area contributed by atoms with Crippen LogP contribution in [0.1, 0.15) is 303 Å². The molecule has 0 saturated carbocycles. The molecular formula is C56H109NO4. The Balaban J connectivity index is 3.51. The summed E-state index contributed by atoms with van der Waals surface area (Å²) in [5, 5.41) is 33.7.